The Morgan fingerprint density at radius 2 is 2.18 bits per heavy atom. The van der Waals surface area contributed by atoms with Crippen molar-refractivity contribution in [3.63, 3.8) is 0 Å². The van der Waals surface area contributed by atoms with Crippen LogP contribution in [0.5, 0.6) is 0 Å². The number of carboxylic acids is 1. The quantitative estimate of drug-likeness (QED) is 0.479. The van der Waals surface area contributed by atoms with Crippen LogP contribution in [0.25, 0.3) is 0 Å². The Balaban J connectivity index is 2.36. The minimum absolute atomic E-state index is 0.0129. The summed E-state index contributed by atoms with van der Waals surface area (Å²) in [6.07, 6.45) is 12.0. The van der Waals surface area contributed by atoms with Crippen molar-refractivity contribution >= 4 is 5.97 Å². The van der Waals surface area contributed by atoms with Gasteiger partial charge in [0.05, 0.1) is 11.7 Å². The van der Waals surface area contributed by atoms with Crippen molar-refractivity contribution in [1.29, 1.82) is 0 Å². The van der Waals surface area contributed by atoms with Gasteiger partial charge < -0.3 is 20.1 Å². The van der Waals surface area contributed by atoms with Gasteiger partial charge in [0.2, 0.25) is 0 Å². The van der Waals surface area contributed by atoms with E-state index in [9.17, 15) is 20.1 Å². The van der Waals surface area contributed by atoms with Crippen LogP contribution in [-0.4, -0.2) is 27.9 Å². The van der Waals surface area contributed by atoms with E-state index in [1.807, 2.05) is 12.2 Å². The molecule has 0 aromatic heterocycles. The predicted molar refractivity (Wildman–Crippen MR) is 85.1 cm³/mol. The molecule has 1 rings (SSSR count). The molecule has 4 heteroatoms. The van der Waals surface area contributed by atoms with Crippen LogP contribution >= 0.6 is 0 Å². The molecule has 0 amide bonds. The lowest BCUT2D eigenvalue weighted by atomic mass is 9.75. The molecule has 3 atom stereocenters. The van der Waals surface area contributed by atoms with E-state index < -0.39 is 11.6 Å². The van der Waals surface area contributed by atoms with Crippen LogP contribution in [0.15, 0.2) is 12.2 Å². The molecule has 0 aliphatic heterocycles. The number of aliphatic hydroxyl groups is 2. The molecule has 0 spiro atoms. The molecule has 0 heterocycles. The van der Waals surface area contributed by atoms with Gasteiger partial charge in [0, 0.05) is 5.97 Å². The van der Waals surface area contributed by atoms with Crippen LogP contribution in [0.1, 0.15) is 77.6 Å². The first-order valence-electron chi connectivity index (χ1n) is 8.74. The van der Waals surface area contributed by atoms with Gasteiger partial charge in [-0.25, -0.2) is 0 Å². The minimum atomic E-state index is -1.05. The van der Waals surface area contributed by atoms with Crippen molar-refractivity contribution < 1.29 is 20.1 Å². The normalized spacial score (nSPS) is 27.1. The zero-order chi connectivity index (χ0) is 16.4. The Morgan fingerprint density at radius 3 is 2.86 bits per heavy atom. The van der Waals surface area contributed by atoms with E-state index in [0.717, 1.165) is 44.9 Å². The summed E-state index contributed by atoms with van der Waals surface area (Å²) in [5, 5.41) is 31.0. The first-order valence-corrected chi connectivity index (χ1v) is 8.74. The number of unbranched alkanes of at least 4 members (excludes halogenated alkanes) is 2. The average Bonchev–Trinajstić information content (AvgIpc) is 2.45. The SMILES string of the molecule is CCCCCC(O)/C=C/[C@H]1CCC[C@@](O)(CCCC(=O)[O-])C1. The van der Waals surface area contributed by atoms with Gasteiger partial charge in [0.25, 0.3) is 0 Å². The maximum atomic E-state index is 10.6. The lowest BCUT2D eigenvalue weighted by Crippen LogP contribution is -2.35. The molecule has 1 aliphatic carbocycles. The maximum absolute atomic E-state index is 10.6. The highest BCUT2D eigenvalue weighted by molar-refractivity contribution is 5.64. The summed E-state index contributed by atoms with van der Waals surface area (Å²) in [6, 6.07) is 0. The molecule has 2 N–H and O–H groups in total. The van der Waals surface area contributed by atoms with Crippen molar-refractivity contribution in [2.24, 2.45) is 5.92 Å². The van der Waals surface area contributed by atoms with Crippen LogP contribution < -0.4 is 5.11 Å². The topological polar surface area (TPSA) is 80.6 Å². The Hall–Kier alpha value is -0.870. The molecule has 128 valence electrons. The fraction of sp³-hybridized carbons (Fsp3) is 0.833. The van der Waals surface area contributed by atoms with Crippen molar-refractivity contribution in [3.05, 3.63) is 12.2 Å². The van der Waals surface area contributed by atoms with Gasteiger partial charge in [-0.2, -0.15) is 0 Å². The van der Waals surface area contributed by atoms with Crippen LogP contribution in [0.4, 0.5) is 0 Å². The second-order valence-electron chi connectivity index (χ2n) is 6.75. The van der Waals surface area contributed by atoms with E-state index in [0.29, 0.717) is 19.3 Å². The van der Waals surface area contributed by atoms with Crippen LogP contribution in [0.3, 0.4) is 0 Å². The number of carboxylic acid groups (broad SMARTS) is 1. The molecule has 0 radical (unpaired) electrons. The highest BCUT2D eigenvalue weighted by Crippen LogP contribution is 2.36. The van der Waals surface area contributed by atoms with Gasteiger partial charge in [0.15, 0.2) is 0 Å². The summed E-state index contributed by atoms with van der Waals surface area (Å²) in [5.74, 6) is -0.770. The van der Waals surface area contributed by atoms with Crippen molar-refractivity contribution in [2.75, 3.05) is 0 Å². The third kappa shape index (κ3) is 7.95. The number of rotatable bonds is 10. The second kappa shape index (κ2) is 10.0. The summed E-state index contributed by atoms with van der Waals surface area (Å²) < 4.78 is 0. The third-order valence-electron chi connectivity index (χ3n) is 4.59. The zero-order valence-electron chi connectivity index (χ0n) is 13.8. The fourth-order valence-electron chi connectivity index (χ4n) is 3.32. The Morgan fingerprint density at radius 1 is 1.41 bits per heavy atom. The molecule has 0 bridgehead atoms. The largest absolute Gasteiger partial charge is 0.550 e. The lowest BCUT2D eigenvalue weighted by molar-refractivity contribution is -0.305. The first-order chi connectivity index (χ1) is 10.4. The van der Waals surface area contributed by atoms with Gasteiger partial charge in [-0.1, -0.05) is 44.8 Å². The van der Waals surface area contributed by atoms with Crippen LogP contribution in [0.2, 0.25) is 0 Å². The molecule has 1 saturated carbocycles. The molecular weight excluding hydrogens is 280 g/mol. The molecule has 22 heavy (non-hydrogen) atoms. The van der Waals surface area contributed by atoms with E-state index in [1.165, 1.54) is 0 Å². The lowest BCUT2D eigenvalue weighted by Gasteiger charge is -2.36. The maximum Gasteiger partial charge on any atom is 0.0721 e. The summed E-state index contributed by atoms with van der Waals surface area (Å²) >= 11 is 0. The number of hydrogen-bond acceptors (Lipinski definition) is 4. The number of allylic oxidation sites excluding steroid dienone is 1. The summed E-state index contributed by atoms with van der Waals surface area (Å²) in [4.78, 5) is 10.5. The highest BCUT2D eigenvalue weighted by atomic mass is 16.4. The summed E-state index contributed by atoms with van der Waals surface area (Å²) in [6.45, 7) is 2.14. The van der Waals surface area contributed by atoms with E-state index in [2.05, 4.69) is 6.92 Å². The number of carbonyl (C=O) groups excluding carboxylic acids is 1. The smallest absolute Gasteiger partial charge is 0.0721 e. The van der Waals surface area contributed by atoms with Crippen molar-refractivity contribution in [2.45, 2.75) is 89.3 Å². The van der Waals surface area contributed by atoms with Crippen LogP contribution in [0, 0.1) is 5.92 Å². The number of aliphatic hydroxyl groups excluding tert-OH is 1. The van der Waals surface area contributed by atoms with E-state index in [1.54, 1.807) is 0 Å². The monoisotopic (exact) mass is 311 g/mol. The highest BCUT2D eigenvalue weighted by Gasteiger charge is 2.32. The molecular formula is C18H31O4-. The molecule has 0 aromatic rings. The van der Waals surface area contributed by atoms with Crippen LogP contribution in [-0.2, 0) is 4.79 Å². The minimum Gasteiger partial charge on any atom is -0.550 e. The molecule has 1 fully saturated rings. The number of carbonyl (C=O) groups is 1. The number of hydrogen-bond donors (Lipinski definition) is 2. The van der Waals surface area contributed by atoms with Gasteiger partial charge in [0.1, 0.15) is 0 Å². The summed E-state index contributed by atoms with van der Waals surface area (Å²) in [7, 11) is 0. The van der Waals surface area contributed by atoms with Gasteiger partial charge in [-0.05, 0) is 50.9 Å². The standard InChI is InChI=1S/C18H32O4/c1-2-3-4-8-16(19)11-10-15-7-5-12-18(22,14-15)13-6-9-17(20)21/h10-11,15-16,19,22H,2-9,12-14H2,1H3,(H,20,21)/p-1/b11-10+/t15-,16?,18-/m1/s1. The zero-order valence-corrected chi connectivity index (χ0v) is 13.8. The third-order valence-corrected chi connectivity index (χ3v) is 4.59. The molecule has 1 unspecified atom stereocenters. The molecule has 0 saturated heterocycles. The average molecular weight is 311 g/mol. The predicted octanol–water partition coefficient (Wildman–Crippen LogP) is 2.33. The second-order valence-corrected chi connectivity index (χ2v) is 6.75. The van der Waals surface area contributed by atoms with Gasteiger partial charge in [-0.15, -0.1) is 0 Å². The Bertz CT molecular complexity index is 353. The van der Waals surface area contributed by atoms with Crippen molar-refractivity contribution in [3.8, 4) is 0 Å². The fourth-order valence-corrected chi connectivity index (χ4v) is 3.32. The number of aliphatic carboxylic acids is 1. The van der Waals surface area contributed by atoms with Gasteiger partial charge in [-0.3, -0.25) is 0 Å². The van der Waals surface area contributed by atoms with Gasteiger partial charge >= 0.3 is 0 Å². The molecule has 1 aliphatic rings. The summed E-state index contributed by atoms with van der Waals surface area (Å²) in [5.41, 5.74) is -0.754. The molecule has 4 nitrogen and oxygen atoms in total. The molecule has 0 aromatic carbocycles. The van der Waals surface area contributed by atoms with E-state index in [-0.39, 0.29) is 18.4 Å². The van der Waals surface area contributed by atoms with Crippen molar-refractivity contribution in [1.82, 2.24) is 0 Å². The van der Waals surface area contributed by atoms with E-state index in [4.69, 9.17) is 0 Å². The first kappa shape index (κ1) is 19.2. The Kier molecular flexibility index (Phi) is 8.72. The van der Waals surface area contributed by atoms with E-state index >= 15 is 0 Å². The Labute approximate surface area is 134 Å².